The number of ether oxygens (including phenoxy) is 3. The van der Waals surface area contributed by atoms with Crippen molar-refractivity contribution in [1.82, 2.24) is 0 Å². The summed E-state index contributed by atoms with van der Waals surface area (Å²) in [6.07, 6.45) is -0.189. The van der Waals surface area contributed by atoms with Gasteiger partial charge in [0.1, 0.15) is 19.0 Å². The van der Waals surface area contributed by atoms with Crippen LogP contribution in [0.5, 0.6) is 17.2 Å². The number of anilines is 1. The Morgan fingerprint density at radius 1 is 1.00 bits per heavy atom. The third-order valence-corrected chi connectivity index (χ3v) is 4.42. The van der Waals surface area contributed by atoms with Crippen molar-refractivity contribution in [2.24, 2.45) is 0 Å². The van der Waals surface area contributed by atoms with Crippen LogP contribution in [0.2, 0.25) is 0 Å². The molecule has 3 aromatic rings. The first-order valence-corrected chi connectivity index (χ1v) is 9.14. The molecule has 0 saturated carbocycles. The molecule has 0 amide bonds. The molecule has 4 rings (SSSR count). The average Bonchev–Trinajstić information content (AvgIpc) is 2.77. The maximum Gasteiger partial charge on any atom is 0.166 e. The summed E-state index contributed by atoms with van der Waals surface area (Å²) in [5, 5.41) is 12.2. The van der Waals surface area contributed by atoms with E-state index in [0.717, 1.165) is 18.0 Å². The summed E-state index contributed by atoms with van der Waals surface area (Å²) >= 11 is 0. The van der Waals surface area contributed by atoms with Gasteiger partial charge in [-0.1, -0.05) is 30.3 Å². The van der Waals surface area contributed by atoms with Crippen molar-refractivity contribution >= 4 is 5.69 Å². The Balaban J connectivity index is 1.32. The summed E-state index contributed by atoms with van der Waals surface area (Å²) in [7, 11) is 0. The zero-order valence-corrected chi connectivity index (χ0v) is 15.3. The van der Waals surface area contributed by atoms with E-state index in [1.807, 2.05) is 36.4 Å². The van der Waals surface area contributed by atoms with Gasteiger partial charge in [0, 0.05) is 18.3 Å². The van der Waals surface area contributed by atoms with Crippen LogP contribution in [0.25, 0.3) is 0 Å². The molecule has 1 unspecified atom stereocenters. The van der Waals surface area contributed by atoms with Crippen LogP contribution < -0.4 is 19.5 Å². The highest BCUT2D eigenvalue weighted by Gasteiger charge is 2.22. The number of fused-ring (bicyclic) bond motifs is 1. The van der Waals surface area contributed by atoms with E-state index in [-0.39, 0.29) is 6.10 Å². The highest BCUT2D eigenvalue weighted by Crippen LogP contribution is 2.34. The molecule has 1 aliphatic heterocycles. The molecule has 1 aliphatic rings. The summed E-state index contributed by atoms with van der Waals surface area (Å²) in [6, 6.07) is 25.2. The lowest BCUT2D eigenvalue weighted by Gasteiger charge is -2.27. The number of hydrogen-bond acceptors (Lipinski definition) is 5. The molecule has 0 bridgehead atoms. The number of nitriles is 1. The number of nitrogens with one attached hydrogen (secondary N) is 1. The summed E-state index contributed by atoms with van der Waals surface area (Å²) in [5.41, 5.74) is 2.81. The van der Waals surface area contributed by atoms with Crippen LogP contribution >= 0.6 is 0 Å². The highest BCUT2D eigenvalue weighted by atomic mass is 16.6. The molecule has 0 aliphatic carbocycles. The van der Waals surface area contributed by atoms with Gasteiger partial charge in [0.15, 0.2) is 17.6 Å². The van der Waals surface area contributed by atoms with Gasteiger partial charge in [-0.15, -0.1) is 0 Å². The zero-order valence-electron chi connectivity index (χ0n) is 15.3. The Morgan fingerprint density at radius 2 is 1.82 bits per heavy atom. The van der Waals surface area contributed by atoms with Gasteiger partial charge in [-0.05, 0) is 42.0 Å². The predicted molar refractivity (Wildman–Crippen MR) is 107 cm³/mol. The number of nitrogens with zero attached hydrogens (tertiary/aromatic N) is 1. The fraction of sp³-hybridized carbons (Fsp3) is 0.174. The van der Waals surface area contributed by atoms with E-state index in [1.165, 1.54) is 5.56 Å². The van der Waals surface area contributed by atoms with Gasteiger partial charge >= 0.3 is 0 Å². The molecule has 28 heavy (non-hydrogen) atoms. The van der Waals surface area contributed by atoms with Crippen molar-refractivity contribution in [3.05, 3.63) is 83.9 Å². The van der Waals surface area contributed by atoms with Crippen LogP contribution in [0.15, 0.2) is 72.8 Å². The van der Waals surface area contributed by atoms with E-state index in [1.54, 1.807) is 24.3 Å². The van der Waals surface area contributed by atoms with Crippen molar-refractivity contribution in [2.45, 2.75) is 12.6 Å². The van der Waals surface area contributed by atoms with E-state index in [2.05, 4.69) is 23.5 Å². The summed E-state index contributed by atoms with van der Waals surface area (Å²) in [5.74, 6) is 2.14. The largest absolute Gasteiger partial charge is 0.490 e. The van der Waals surface area contributed by atoms with Gasteiger partial charge in [0.2, 0.25) is 0 Å². The molecule has 1 heterocycles. The smallest absolute Gasteiger partial charge is 0.166 e. The van der Waals surface area contributed by atoms with Gasteiger partial charge < -0.3 is 19.5 Å². The van der Waals surface area contributed by atoms with E-state index in [4.69, 9.17) is 19.5 Å². The normalized spacial score (nSPS) is 14.8. The first kappa shape index (κ1) is 17.7. The summed E-state index contributed by atoms with van der Waals surface area (Å²) in [6.45, 7) is 1.55. The van der Waals surface area contributed by atoms with Gasteiger partial charge in [-0.3, -0.25) is 0 Å². The molecule has 0 aromatic heterocycles. The van der Waals surface area contributed by atoms with Crippen LogP contribution in [0.1, 0.15) is 11.1 Å². The zero-order chi connectivity index (χ0) is 19.2. The second-order valence-electron chi connectivity index (χ2n) is 6.50. The molecule has 1 atom stereocenters. The van der Waals surface area contributed by atoms with Crippen LogP contribution in [0.4, 0.5) is 5.69 Å². The van der Waals surface area contributed by atoms with E-state index in [9.17, 15) is 0 Å². The number of benzene rings is 3. The Labute approximate surface area is 164 Å². The van der Waals surface area contributed by atoms with Crippen LogP contribution in [-0.2, 0) is 6.54 Å². The standard InChI is InChI=1S/C23H20N2O3/c24-13-17-6-9-20(10-7-17)26-15-21-16-27-23-12-19(8-11-22(23)28-21)25-14-18-4-2-1-3-5-18/h1-12,21,25H,14-16H2. The Hall–Kier alpha value is -3.65. The lowest BCUT2D eigenvalue weighted by atomic mass is 10.2. The van der Waals surface area contributed by atoms with Gasteiger partial charge in [-0.25, -0.2) is 0 Å². The molecule has 5 heteroatoms. The minimum atomic E-state index is -0.189. The molecule has 0 radical (unpaired) electrons. The fourth-order valence-corrected chi connectivity index (χ4v) is 2.92. The Morgan fingerprint density at radius 3 is 2.61 bits per heavy atom. The van der Waals surface area contributed by atoms with E-state index < -0.39 is 0 Å². The van der Waals surface area contributed by atoms with Gasteiger partial charge in [0.25, 0.3) is 0 Å². The molecule has 5 nitrogen and oxygen atoms in total. The topological polar surface area (TPSA) is 63.5 Å². The first-order valence-electron chi connectivity index (χ1n) is 9.14. The first-order chi connectivity index (χ1) is 13.8. The Kier molecular flexibility index (Phi) is 5.30. The lowest BCUT2D eigenvalue weighted by molar-refractivity contribution is 0.0536. The fourth-order valence-electron chi connectivity index (χ4n) is 2.92. The molecule has 0 saturated heterocycles. The summed E-state index contributed by atoms with van der Waals surface area (Å²) in [4.78, 5) is 0. The predicted octanol–water partition coefficient (Wildman–Crippen LogP) is 4.39. The molecular formula is C23H20N2O3. The third kappa shape index (κ3) is 4.36. The van der Waals surface area contributed by atoms with Crippen molar-refractivity contribution in [3.8, 4) is 23.3 Å². The minimum absolute atomic E-state index is 0.189. The Bertz CT molecular complexity index is 965. The minimum Gasteiger partial charge on any atom is -0.490 e. The summed E-state index contributed by atoms with van der Waals surface area (Å²) < 4.78 is 17.6. The van der Waals surface area contributed by atoms with Gasteiger partial charge in [-0.2, -0.15) is 5.26 Å². The van der Waals surface area contributed by atoms with Gasteiger partial charge in [0.05, 0.1) is 11.6 Å². The average molecular weight is 372 g/mol. The monoisotopic (exact) mass is 372 g/mol. The lowest BCUT2D eigenvalue weighted by Crippen LogP contribution is -2.34. The maximum absolute atomic E-state index is 8.83. The van der Waals surface area contributed by atoms with Crippen molar-refractivity contribution < 1.29 is 14.2 Å². The number of rotatable bonds is 6. The molecule has 1 N–H and O–H groups in total. The quantitative estimate of drug-likeness (QED) is 0.695. The molecule has 0 spiro atoms. The third-order valence-electron chi connectivity index (χ3n) is 4.42. The van der Waals surface area contributed by atoms with Crippen LogP contribution in [0.3, 0.4) is 0 Å². The van der Waals surface area contributed by atoms with Crippen molar-refractivity contribution in [1.29, 1.82) is 5.26 Å². The second-order valence-corrected chi connectivity index (χ2v) is 6.50. The number of hydrogen-bond donors (Lipinski definition) is 1. The second kappa shape index (κ2) is 8.36. The van der Waals surface area contributed by atoms with E-state index >= 15 is 0 Å². The molecular weight excluding hydrogens is 352 g/mol. The molecule has 140 valence electrons. The molecule has 3 aromatic carbocycles. The highest BCUT2D eigenvalue weighted by molar-refractivity contribution is 5.55. The maximum atomic E-state index is 8.83. The van der Waals surface area contributed by atoms with Crippen molar-refractivity contribution in [2.75, 3.05) is 18.5 Å². The SMILES string of the molecule is N#Cc1ccc(OCC2COc3cc(NCc4ccccc4)ccc3O2)cc1. The van der Waals surface area contributed by atoms with Crippen molar-refractivity contribution in [3.63, 3.8) is 0 Å². The van der Waals surface area contributed by atoms with Crippen LogP contribution in [-0.4, -0.2) is 19.3 Å². The van der Waals surface area contributed by atoms with Crippen LogP contribution in [0, 0.1) is 11.3 Å². The molecule has 0 fully saturated rings. The van der Waals surface area contributed by atoms with E-state index in [0.29, 0.717) is 30.3 Å².